The number of amides is 1. The summed E-state index contributed by atoms with van der Waals surface area (Å²) in [6, 6.07) is 10.4. The molecule has 0 spiro atoms. The van der Waals surface area contributed by atoms with Gasteiger partial charge in [0.05, 0.1) is 19.1 Å². The van der Waals surface area contributed by atoms with Gasteiger partial charge in [0.15, 0.2) is 0 Å². The summed E-state index contributed by atoms with van der Waals surface area (Å²) in [4.78, 5) is 16.3. The van der Waals surface area contributed by atoms with E-state index in [-0.39, 0.29) is 12.0 Å². The highest BCUT2D eigenvalue weighted by Crippen LogP contribution is 2.15. The fraction of sp³-hybridized carbons (Fsp3) is 0.562. The number of nitrogens with zero attached hydrogens (tertiary/aromatic N) is 2. The average Bonchev–Trinajstić information content (AvgIpc) is 2.48. The van der Waals surface area contributed by atoms with Gasteiger partial charge in [-0.25, -0.2) is 0 Å². The first-order valence-corrected chi connectivity index (χ1v) is 7.36. The Labute approximate surface area is 121 Å². The predicted octanol–water partition coefficient (Wildman–Crippen LogP) is 2.15. The molecule has 1 aliphatic heterocycles. The molecule has 4 nitrogen and oxygen atoms in total. The standard InChI is InChI=1S/C16H24N2O2/c1-14(2)20-13-8-16(19)18-11-9-17(10-12-18)15-6-4-3-5-7-15/h3-7,14H,8-13H2,1-2H3. The number of benzene rings is 1. The number of para-hydroxylation sites is 1. The zero-order valence-corrected chi connectivity index (χ0v) is 12.4. The van der Waals surface area contributed by atoms with Crippen LogP contribution < -0.4 is 4.90 Å². The van der Waals surface area contributed by atoms with E-state index in [4.69, 9.17) is 4.74 Å². The molecule has 0 unspecified atom stereocenters. The number of piperazine rings is 1. The number of hydrogen-bond donors (Lipinski definition) is 0. The van der Waals surface area contributed by atoms with Crippen LogP contribution in [0.2, 0.25) is 0 Å². The van der Waals surface area contributed by atoms with Crippen molar-refractivity contribution in [2.45, 2.75) is 26.4 Å². The predicted molar refractivity (Wildman–Crippen MR) is 80.9 cm³/mol. The Hall–Kier alpha value is -1.55. The van der Waals surface area contributed by atoms with Crippen LogP contribution in [0.5, 0.6) is 0 Å². The monoisotopic (exact) mass is 276 g/mol. The van der Waals surface area contributed by atoms with Gasteiger partial charge in [-0.3, -0.25) is 4.79 Å². The third-order valence-electron chi connectivity index (χ3n) is 3.52. The number of hydrogen-bond acceptors (Lipinski definition) is 3. The van der Waals surface area contributed by atoms with Crippen LogP contribution in [0, 0.1) is 0 Å². The van der Waals surface area contributed by atoms with E-state index >= 15 is 0 Å². The molecule has 0 aromatic heterocycles. The number of ether oxygens (including phenoxy) is 1. The van der Waals surface area contributed by atoms with E-state index < -0.39 is 0 Å². The van der Waals surface area contributed by atoms with E-state index in [1.165, 1.54) is 5.69 Å². The number of carbonyl (C=O) groups is 1. The van der Waals surface area contributed by atoms with Crippen molar-refractivity contribution in [2.75, 3.05) is 37.7 Å². The van der Waals surface area contributed by atoms with Gasteiger partial charge in [-0.05, 0) is 26.0 Å². The van der Waals surface area contributed by atoms with Crippen molar-refractivity contribution >= 4 is 11.6 Å². The highest BCUT2D eigenvalue weighted by atomic mass is 16.5. The van der Waals surface area contributed by atoms with E-state index in [0.717, 1.165) is 26.2 Å². The fourth-order valence-corrected chi connectivity index (χ4v) is 2.39. The minimum absolute atomic E-state index is 0.192. The van der Waals surface area contributed by atoms with Crippen LogP contribution in [0.15, 0.2) is 30.3 Å². The van der Waals surface area contributed by atoms with Crippen LogP contribution in [0.1, 0.15) is 20.3 Å². The lowest BCUT2D eigenvalue weighted by molar-refractivity contribution is -0.132. The number of rotatable bonds is 5. The second-order valence-corrected chi connectivity index (χ2v) is 5.37. The van der Waals surface area contributed by atoms with Crippen LogP contribution >= 0.6 is 0 Å². The van der Waals surface area contributed by atoms with Crippen molar-refractivity contribution in [2.24, 2.45) is 0 Å². The molecule has 20 heavy (non-hydrogen) atoms. The highest BCUT2D eigenvalue weighted by Gasteiger charge is 2.20. The van der Waals surface area contributed by atoms with Gasteiger partial charge in [0.25, 0.3) is 0 Å². The lowest BCUT2D eigenvalue weighted by Gasteiger charge is -2.36. The van der Waals surface area contributed by atoms with Gasteiger partial charge in [0.1, 0.15) is 0 Å². The highest BCUT2D eigenvalue weighted by molar-refractivity contribution is 5.76. The van der Waals surface area contributed by atoms with E-state index in [2.05, 4.69) is 29.2 Å². The van der Waals surface area contributed by atoms with Gasteiger partial charge in [-0.15, -0.1) is 0 Å². The van der Waals surface area contributed by atoms with Gasteiger partial charge < -0.3 is 14.5 Å². The molecule has 4 heteroatoms. The van der Waals surface area contributed by atoms with Crippen molar-refractivity contribution in [1.82, 2.24) is 4.90 Å². The minimum atomic E-state index is 0.192. The summed E-state index contributed by atoms with van der Waals surface area (Å²) in [7, 11) is 0. The molecule has 1 amide bonds. The van der Waals surface area contributed by atoms with Crippen molar-refractivity contribution in [3.05, 3.63) is 30.3 Å². The first-order chi connectivity index (χ1) is 9.66. The maximum atomic E-state index is 12.1. The smallest absolute Gasteiger partial charge is 0.225 e. The molecular weight excluding hydrogens is 252 g/mol. The molecule has 0 bridgehead atoms. The van der Waals surface area contributed by atoms with Gasteiger partial charge in [0.2, 0.25) is 5.91 Å². The average molecular weight is 276 g/mol. The van der Waals surface area contributed by atoms with Crippen LogP contribution in [-0.2, 0) is 9.53 Å². The molecule has 1 aromatic carbocycles. The molecule has 0 radical (unpaired) electrons. The normalized spacial score (nSPS) is 15.8. The molecule has 0 N–H and O–H groups in total. The Kier molecular flexibility index (Phi) is 5.41. The van der Waals surface area contributed by atoms with Crippen LogP contribution in [0.25, 0.3) is 0 Å². The van der Waals surface area contributed by atoms with Crippen LogP contribution in [0.4, 0.5) is 5.69 Å². The van der Waals surface area contributed by atoms with Gasteiger partial charge in [0, 0.05) is 31.9 Å². The molecule has 1 fully saturated rings. The molecule has 2 rings (SSSR count). The summed E-state index contributed by atoms with van der Waals surface area (Å²) in [6.45, 7) is 7.91. The Morgan fingerprint density at radius 3 is 2.40 bits per heavy atom. The molecule has 0 atom stereocenters. The second kappa shape index (κ2) is 7.29. The molecule has 1 aromatic rings. The molecule has 110 valence electrons. The molecule has 1 heterocycles. The molecular formula is C16H24N2O2. The minimum Gasteiger partial charge on any atom is -0.378 e. The Balaban J connectivity index is 1.75. The summed E-state index contributed by atoms with van der Waals surface area (Å²) in [5.41, 5.74) is 1.24. The third kappa shape index (κ3) is 4.23. The summed E-state index contributed by atoms with van der Waals surface area (Å²) < 4.78 is 5.44. The largest absolute Gasteiger partial charge is 0.378 e. The topological polar surface area (TPSA) is 32.8 Å². The van der Waals surface area contributed by atoms with E-state index in [9.17, 15) is 4.79 Å². The number of carbonyl (C=O) groups excluding carboxylic acids is 1. The zero-order valence-electron chi connectivity index (χ0n) is 12.4. The maximum Gasteiger partial charge on any atom is 0.225 e. The van der Waals surface area contributed by atoms with Crippen molar-refractivity contribution in [3.63, 3.8) is 0 Å². The van der Waals surface area contributed by atoms with Crippen LogP contribution in [0.3, 0.4) is 0 Å². The molecule has 1 saturated heterocycles. The van der Waals surface area contributed by atoms with Crippen molar-refractivity contribution in [1.29, 1.82) is 0 Å². The van der Waals surface area contributed by atoms with Crippen molar-refractivity contribution < 1.29 is 9.53 Å². The maximum absolute atomic E-state index is 12.1. The van der Waals surface area contributed by atoms with Gasteiger partial charge in [-0.2, -0.15) is 0 Å². The number of anilines is 1. The molecule has 1 aliphatic rings. The summed E-state index contributed by atoms with van der Waals surface area (Å²) in [5, 5.41) is 0. The van der Waals surface area contributed by atoms with E-state index in [1.807, 2.05) is 24.8 Å². The summed E-state index contributed by atoms with van der Waals surface area (Å²) in [6.07, 6.45) is 0.682. The van der Waals surface area contributed by atoms with Crippen molar-refractivity contribution in [3.8, 4) is 0 Å². The lowest BCUT2D eigenvalue weighted by atomic mass is 10.2. The molecule has 0 saturated carbocycles. The SMILES string of the molecule is CC(C)OCCC(=O)N1CCN(c2ccccc2)CC1. The Morgan fingerprint density at radius 2 is 1.80 bits per heavy atom. The second-order valence-electron chi connectivity index (χ2n) is 5.37. The fourth-order valence-electron chi connectivity index (χ4n) is 2.39. The van der Waals surface area contributed by atoms with Gasteiger partial charge >= 0.3 is 0 Å². The Morgan fingerprint density at radius 1 is 1.15 bits per heavy atom. The zero-order chi connectivity index (χ0) is 14.4. The van der Waals surface area contributed by atoms with E-state index in [1.54, 1.807) is 0 Å². The quantitative estimate of drug-likeness (QED) is 0.826. The first kappa shape index (κ1) is 14.9. The summed E-state index contributed by atoms with van der Waals surface area (Å²) in [5.74, 6) is 0.207. The van der Waals surface area contributed by atoms with Crippen LogP contribution in [-0.4, -0.2) is 49.7 Å². The first-order valence-electron chi connectivity index (χ1n) is 7.36. The van der Waals surface area contributed by atoms with E-state index in [0.29, 0.717) is 13.0 Å². The molecule has 0 aliphatic carbocycles. The summed E-state index contributed by atoms with van der Waals surface area (Å²) >= 11 is 0. The third-order valence-corrected chi connectivity index (χ3v) is 3.52. The Bertz CT molecular complexity index is 412. The lowest BCUT2D eigenvalue weighted by Crippen LogP contribution is -2.49. The van der Waals surface area contributed by atoms with Gasteiger partial charge in [-0.1, -0.05) is 18.2 Å².